The van der Waals surface area contributed by atoms with Gasteiger partial charge in [-0.1, -0.05) is 0 Å². The number of imidazole rings is 1. The van der Waals surface area contributed by atoms with Crippen molar-refractivity contribution in [3.63, 3.8) is 0 Å². The summed E-state index contributed by atoms with van der Waals surface area (Å²) in [6, 6.07) is 0. The molecular formula is C17H25N3O6. The van der Waals surface area contributed by atoms with E-state index in [0.29, 0.717) is 31.9 Å². The van der Waals surface area contributed by atoms with Gasteiger partial charge in [-0.05, 0) is 27.7 Å². The first-order valence-electron chi connectivity index (χ1n) is 8.80. The minimum Gasteiger partial charge on any atom is -0.461 e. The monoisotopic (exact) mass is 367 g/mol. The first-order valence-corrected chi connectivity index (χ1v) is 8.80. The van der Waals surface area contributed by atoms with E-state index in [-0.39, 0.29) is 30.6 Å². The molecule has 1 amide bonds. The van der Waals surface area contributed by atoms with Crippen molar-refractivity contribution in [2.24, 2.45) is 0 Å². The zero-order valence-corrected chi connectivity index (χ0v) is 15.6. The van der Waals surface area contributed by atoms with Gasteiger partial charge in [-0.15, -0.1) is 0 Å². The Morgan fingerprint density at radius 1 is 1.27 bits per heavy atom. The van der Waals surface area contributed by atoms with Crippen LogP contribution in [-0.4, -0.2) is 57.6 Å². The minimum absolute atomic E-state index is 0.0627. The fourth-order valence-corrected chi connectivity index (χ4v) is 2.97. The maximum Gasteiger partial charge on any atom is 0.410 e. The smallest absolute Gasteiger partial charge is 0.410 e. The van der Waals surface area contributed by atoms with Crippen molar-refractivity contribution in [3.05, 3.63) is 21.9 Å². The fourth-order valence-electron chi connectivity index (χ4n) is 2.97. The van der Waals surface area contributed by atoms with E-state index in [4.69, 9.17) is 14.2 Å². The van der Waals surface area contributed by atoms with Crippen molar-refractivity contribution in [1.29, 1.82) is 0 Å². The van der Waals surface area contributed by atoms with E-state index in [1.165, 1.54) is 14.0 Å². The molecule has 3 heterocycles. The Morgan fingerprint density at radius 3 is 2.54 bits per heavy atom. The number of fused-ring (bicyclic) bond motifs is 1. The van der Waals surface area contributed by atoms with Gasteiger partial charge < -0.3 is 19.1 Å². The number of ether oxygens (including phenoxy) is 3. The number of hydrogen-bond donors (Lipinski definition) is 0. The molecule has 2 aliphatic heterocycles. The Labute approximate surface area is 151 Å². The molecule has 26 heavy (non-hydrogen) atoms. The van der Waals surface area contributed by atoms with Crippen LogP contribution >= 0.6 is 0 Å². The third-order valence-corrected chi connectivity index (χ3v) is 4.17. The molecule has 0 aromatic carbocycles. The van der Waals surface area contributed by atoms with Gasteiger partial charge in [0.05, 0.1) is 38.1 Å². The number of amides is 1. The quantitative estimate of drug-likeness (QED) is 0.581. The zero-order chi connectivity index (χ0) is 19.1. The van der Waals surface area contributed by atoms with Crippen molar-refractivity contribution in [2.45, 2.75) is 59.0 Å². The van der Waals surface area contributed by atoms with E-state index in [1.54, 1.807) is 27.7 Å². The number of hydrogen-bond acceptors (Lipinski definition) is 6. The molecule has 0 bridgehead atoms. The average Bonchev–Trinajstić information content (AvgIpc) is 3.31. The minimum atomic E-state index is -0.618. The van der Waals surface area contributed by atoms with Gasteiger partial charge in [0, 0.05) is 13.1 Å². The second-order valence-electron chi connectivity index (χ2n) is 7.42. The summed E-state index contributed by atoms with van der Waals surface area (Å²) in [4.78, 5) is 39.1. The average molecular weight is 367 g/mol. The third kappa shape index (κ3) is 3.77. The Hall–Kier alpha value is -2.29. The SMILES string of the molecule is CCOC(=O)c1c2n(c(=O)n1CC1CO1)CCN(C(=O)OC(C)(C)C)C2. The molecule has 1 unspecified atom stereocenters. The molecule has 1 aromatic rings. The van der Waals surface area contributed by atoms with E-state index >= 15 is 0 Å². The maximum absolute atomic E-state index is 12.7. The van der Waals surface area contributed by atoms with Crippen LogP contribution in [0.25, 0.3) is 0 Å². The molecular weight excluding hydrogens is 342 g/mol. The van der Waals surface area contributed by atoms with E-state index < -0.39 is 17.7 Å². The van der Waals surface area contributed by atoms with Gasteiger partial charge in [0.2, 0.25) is 0 Å². The summed E-state index contributed by atoms with van der Waals surface area (Å²) in [7, 11) is 0. The summed E-state index contributed by atoms with van der Waals surface area (Å²) in [5, 5.41) is 0. The second-order valence-corrected chi connectivity index (χ2v) is 7.42. The number of aromatic nitrogens is 2. The lowest BCUT2D eigenvalue weighted by atomic mass is 10.2. The van der Waals surface area contributed by atoms with Gasteiger partial charge in [-0.2, -0.15) is 0 Å². The zero-order valence-electron chi connectivity index (χ0n) is 15.6. The second kappa shape index (κ2) is 6.79. The van der Waals surface area contributed by atoms with E-state index in [9.17, 15) is 14.4 Å². The van der Waals surface area contributed by atoms with Gasteiger partial charge in [0.15, 0.2) is 5.69 Å². The van der Waals surface area contributed by atoms with Crippen LogP contribution in [0.5, 0.6) is 0 Å². The number of epoxide rings is 1. The standard InChI is InChI=1S/C17H25N3O6/c1-5-24-14(21)13-12-9-18(16(23)26-17(2,3)4)6-7-19(12)15(22)20(13)8-11-10-25-11/h11H,5-10H2,1-4H3. The predicted octanol–water partition coefficient (Wildman–Crippen LogP) is 0.976. The van der Waals surface area contributed by atoms with Crippen molar-refractivity contribution in [2.75, 3.05) is 19.8 Å². The highest BCUT2D eigenvalue weighted by atomic mass is 16.6. The summed E-state index contributed by atoms with van der Waals surface area (Å²) in [6.45, 7) is 8.93. The molecule has 1 aromatic heterocycles. The Morgan fingerprint density at radius 2 is 1.96 bits per heavy atom. The van der Waals surface area contributed by atoms with Crippen molar-refractivity contribution in [1.82, 2.24) is 14.0 Å². The van der Waals surface area contributed by atoms with Crippen LogP contribution in [0, 0.1) is 0 Å². The third-order valence-electron chi connectivity index (χ3n) is 4.17. The largest absolute Gasteiger partial charge is 0.461 e. The van der Waals surface area contributed by atoms with Crippen molar-refractivity contribution >= 4 is 12.1 Å². The highest BCUT2D eigenvalue weighted by molar-refractivity contribution is 5.89. The predicted molar refractivity (Wildman–Crippen MR) is 91.0 cm³/mol. The maximum atomic E-state index is 12.7. The van der Waals surface area contributed by atoms with Gasteiger partial charge in [0.1, 0.15) is 5.60 Å². The van der Waals surface area contributed by atoms with E-state index in [2.05, 4.69) is 0 Å². The molecule has 0 radical (unpaired) electrons. The van der Waals surface area contributed by atoms with E-state index in [1.807, 2.05) is 0 Å². The van der Waals surface area contributed by atoms with Crippen LogP contribution in [0.15, 0.2) is 4.79 Å². The summed E-state index contributed by atoms with van der Waals surface area (Å²) in [5.74, 6) is -0.565. The van der Waals surface area contributed by atoms with Gasteiger partial charge >= 0.3 is 17.8 Å². The lowest BCUT2D eigenvalue weighted by Crippen LogP contribution is -2.43. The van der Waals surface area contributed by atoms with Crippen LogP contribution in [0.4, 0.5) is 4.79 Å². The Bertz CT molecular complexity index is 769. The van der Waals surface area contributed by atoms with Crippen LogP contribution < -0.4 is 5.69 Å². The fraction of sp³-hybridized carbons (Fsp3) is 0.706. The van der Waals surface area contributed by atoms with Crippen LogP contribution in [0.3, 0.4) is 0 Å². The molecule has 9 heteroatoms. The molecule has 9 nitrogen and oxygen atoms in total. The van der Waals surface area contributed by atoms with Gasteiger partial charge in [-0.25, -0.2) is 14.4 Å². The topological polar surface area (TPSA) is 95.3 Å². The lowest BCUT2D eigenvalue weighted by molar-refractivity contribution is 0.0193. The molecule has 144 valence electrons. The molecule has 2 aliphatic rings. The van der Waals surface area contributed by atoms with Crippen LogP contribution in [-0.2, 0) is 33.8 Å². The summed E-state index contributed by atoms with van der Waals surface area (Å²) in [6.07, 6.45) is -0.531. The first-order chi connectivity index (χ1) is 12.2. The molecule has 1 atom stereocenters. The molecule has 0 saturated carbocycles. The summed E-state index contributed by atoms with van der Waals surface area (Å²) < 4.78 is 18.7. The molecule has 0 aliphatic carbocycles. The summed E-state index contributed by atoms with van der Waals surface area (Å²) >= 11 is 0. The number of carbonyl (C=O) groups excluding carboxylic acids is 2. The molecule has 1 fully saturated rings. The number of esters is 1. The first kappa shape index (κ1) is 18.5. The van der Waals surface area contributed by atoms with E-state index in [0.717, 1.165) is 0 Å². The number of carbonyl (C=O) groups is 2. The highest BCUT2D eigenvalue weighted by Gasteiger charge is 2.35. The summed E-state index contributed by atoms with van der Waals surface area (Å²) in [5.41, 5.74) is -0.220. The molecule has 1 saturated heterocycles. The van der Waals surface area contributed by atoms with Crippen LogP contribution in [0.1, 0.15) is 43.9 Å². The number of nitrogens with zero attached hydrogens (tertiary/aromatic N) is 3. The molecule has 0 N–H and O–H groups in total. The molecule has 0 spiro atoms. The van der Waals surface area contributed by atoms with Crippen molar-refractivity contribution in [3.8, 4) is 0 Å². The Balaban J connectivity index is 1.93. The molecule has 3 rings (SSSR count). The van der Waals surface area contributed by atoms with Crippen LogP contribution in [0.2, 0.25) is 0 Å². The highest BCUT2D eigenvalue weighted by Crippen LogP contribution is 2.21. The van der Waals surface area contributed by atoms with Gasteiger partial charge in [0.25, 0.3) is 0 Å². The normalized spacial score (nSPS) is 19.1. The van der Waals surface area contributed by atoms with Crippen molar-refractivity contribution < 1.29 is 23.8 Å². The lowest BCUT2D eigenvalue weighted by Gasteiger charge is -2.30. The number of rotatable bonds is 4. The Kier molecular flexibility index (Phi) is 4.83. The van der Waals surface area contributed by atoms with Gasteiger partial charge in [-0.3, -0.25) is 9.13 Å².